The Morgan fingerprint density at radius 1 is 0.450 bits per heavy atom. The first-order chi connectivity index (χ1) is 9.76. The highest BCUT2D eigenvalue weighted by Gasteiger charge is 2.21. The second kappa shape index (κ2) is 10.6. The lowest BCUT2D eigenvalue weighted by molar-refractivity contribution is 0.309. The molecule has 4 nitrogen and oxygen atoms in total. The fourth-order valence-electron chi connectivity index (χ4n) is 3.64. The predicted octanol–water partition coefficient (Wildman–Crippen LogP) is 1.47. The lowest BCUT2D eigenvalue weighted by atomic mass is 9.91. The average molecular weight is 284 g/mol. The van der Waals surface area contributed by atoms with Crippen LogP contribution in [0.2, 0.25) is 0 Å². The molecule has 20 heavy (non-hydrogen) atoms. The molecule has 2 saturated carbocycles. The molecule has 0 saturated heterocycles. The van der Waals surface area contributed by atoms with Gasteiger partial charge in [0.15, 0.2) is 0 Å². The molecule has 2 fully saturated rings. The highest BCUT2D eigenvalue weighted by atomic mass is 15.0. The molecule has 0 spiro atoms. The zero-order chi connectivity index (χ0) is 14.8. The molecular weight excluding hydrogens is 248 g/mol. The first-order valence-electron chi connectivity index (χ1n) is 8.45. The van der Waals surface area contributed by atoms with Gasteiger partial charge in [0, 0.05) is 24.2 Å². The molecule has 0 radical (unpaired) electrons. The Labute approximate surface area is 125 Å². The van der Waals surface area contributed by atoms with E-state index in [0.29, 0.717) is 24.2 Å². The molecule has 4 N–H and O–H groups in total. The van der Waals surface area contributed by atoms with Crippen LogP contribution in [0.5, 0.6) is 0 Å². The first kappa shape index (κ1) is 17.9. The molecule has 2 rings (SSSR count). The van der Waals surface area contributed by atoms with Crippen molar-refractivity contribution in [1.82, 2.24) is 21.3 Å². The van der Waals surface area contributed by atoms with Crippen LogP contribution in [0.15, 0.2) is 0 Å². The quantitative estimate of drug-likeness (QED) is 0.631. The molecular formula is C16H36N4. The van der Waals surface area contributed by atoms with Gasteiger partial charge in [0.2, 0.25) is 0 Å². The standard InChI is InChI=1S/2C8H18N2/c2*1-9-7-5-3-4-6-8(7)10-2/h2*7-10H,3-6H2,1-2H3. The van der Waals surface area contributed by atoms with E-state index < -0.39 is 0 Å². The summed E-state index contributed by atoms with van der Waals surface area (Å²) >= 11 is 0. The fraction of sp³-hybridized carbons (Fsp3) is 1.00. The molecule has 0 amide bonds. The van der Waals surface area contributed by atoms with Crippen LogP contribution in [0.1, 0.15) is 51.4 Å². The van der Waals surface area contributed by atoms with E-state index in [1.165, 1.54) is 51.4 Å². The van der Waals surface area contributed by atoms with E-state index in [0.717, 1.165) is 0 Å². The molecule has 4 unspecified atom stereocenters. The van der Waals surface area contributed by atoms with E-state index in [1.807, 2.05) is 0 Å². The van der Waals surface area contributed by atoms with Gasteiger partial charge in [-0.1, -0.05) is 25.7 Å². The Bertz CT molecular complexity index is 187. The van der Waals surface area contributed by atoms with Gasteiger partial charge in [0.1, 0.15) is 0 Å². The molecule has 2 aliphatic carbocycles. The number of likely N-dealkylation sites (N-methyl/N-ethyl adjacent to an activating group) is 4. The third-order valence-electron chi connectivity index (χ3n) is 5.02. The summed E-state index contributed by atoms with van der Waals surface area (Å²) in [6, 6.07) is 2.83. The van der Waals surface area contributed by atoms with Gasteiger partial charge in [-0.3, -0.25) is 0 Å². The molecule has 120 valence electrons. The Kier molecular flexibility index (Phi) is 9.44. The molecule has 0 aromatic rings. The van der Waals surface area contributed by atoms with Crippen molar-refractivity contribution in [3.05, 3.63) is 0 Å². The van der Waals surface area contributed by atoms with Crippen molar-refractivity contribution in [2.24, 2.45) is 0 Å². The summed E-state index contributed by atoms with van der Waals surface area (Å²) in [5, 5.41) is 13.4. The lowest BCUT2D eigenvalue weighted by Gasteiger charge is -2.30. The number of rotatable bonds is 4. The van der Waals surface area contributed by atoms with E-state index >= 15 is 0 Å². The van der Waals surface area contributed by atoms with E-state index in [4.69, 9.17) is 0 Å². The second-order valence-corrected chi connectivity index (χ2v) is 6.15. The van der Waals surface area contributed by atoms with Gasteiger partial charge in [0.05, 0.1) is 0 Å². The second-order valence-electron chi connectivity index (χ2n) is 6.15. The van der Waals surface area contributed by atoms with E-state index in [1.54, 1.807) is 0 Å². The maximum Gasteiger partial charge on any atom is 0.0218 e. The molecule has 0 aromatic carbocycles. The summed E-state index contributed by atoms with van der Waals surface area (Å²) in [5.74, 6) is 0. The van der Waals surface area contributed by atoms with Crippen molar-refractivity contribution < 1.29 is 0 Å². The lowest BCUT2D eigenvalue weighted by Crippen LogP contribution is -2.47. The summed E-state index contributed by atoms with van der Waals surface area (Å²) in [6.07, 6.45) is 10.9. The highest BCUT2D eigenvalue weighted by molar-refractivity contribution is 4.84. The van der Waals surface area contributed by atoms with Crippen LogP contribution in [0.3, 0.4) is 0 Å². The van der Waals surface area contributed by atoms with E-state index in [9.17, 15) is 0 Å². The predicted molar refractivity (Wildman–Crippen MR) is 88.3 cm³/mol. The SMILES string of the molecule is CNC1CCCCC1NC.CNC1CCCCC1NC. The minimum atomic E-state index is 0.707. The van der Waals surface area contributed by atoms with Crippen LogP contribution >= 0.6 is 0 Å². The van der Waals surface area contributed by atoms with Gasteiger partial charge in [-0.15, -0.1) is 0 Å². The maximum atomic E-state index is 3.34. The smallest absolute Gasteiger partial charge is 0.0218 e. The van der Waals surface area contributed by atoms with Crippen molar-refractivity contribution in [2.45, 2.75) is 75.5 Å². The van der Waals surface area contributed by atoms with Crippen molar-refractivity contribution in [3.8, 4) is 0 Å². The third kappa shape index (κ3) is 5.68. The molecule has 0 bridgehead atoms. The molecule has 4 heteroatoms. The molecule has 4 atom stereocenters. The van der Waals surface area contributed by atoms with Gasteiger partial charge >= 0.3 is 0 Å². The van der Waals surface area contributed by atoms with Crippen LogP contribution in [0, 0.1) is 0 Å². The summed E-state index contributed by atoms with van der Waals surface area (Å²) in [5.41, 5.74) is 0. The summed E-state index contributed by atoms with van der Waals surface area (Å²) < 4.78 is 0. The fourth-order valence-corrected chi connectivity index (χ4v) is 3.64. The maximum absolute atomic E-state index is 3.34. The first-order valence-corrected chi connectivity index (χ1v) is 8.45. The monoisotopic (exact) mass is 284 g/mol. The Hall–Kier alpha value is -0.160. The van der Waals surface area contributed by atoms with Crippen LogP contribution in [0.4, 0.5) is 0 Å². The number of hydrogen-bond acceptors (Lipinski definition) is 4. The van der Waals surface area contributed by atoms with Crippen LogP contribution in [0.25, 0.3) is 0 Å². The van der Waals surface area contributed by atoms with Gasteiger partial charge in [0.25, 0.3) is 0 Å². The molecule has 2 aliphatic rings. The largest absolute Gasteiger partial charge is 0.315 e. The summed E-state index contributed by atoms with van der Waals surface area (Å²) in [6.45, 7) is 0. The van der Waals surface area contributed by atoms with Crippen molar-refractivity contribution in [2.75, 3.05) is 28.2 Å². The van der Waals surface area contributed by atoms with Gasteiger partial charge in [-0.25, -0.2) is 0 Å². The van der Waals surface area contributed by atoms with Crippen molar-refractivity contribution in [1.29, 1.82) is 0 Å². The third-order valence-corrected chi connectivity index (χ3v) is 5.02. The number of nitrogens with one attached hydrogen (secondary N) is 4. The Morgan fingerprint density at radius 3 is 0.800 bits per heavy atom. The van der Waals surface area contributed by atoms with Gasteiger partial charge in [-0.05, 0) is 53.9 Å². The highest BCUT2D eigenvalue weighted by Crippen LogP contribution is 2.18. The average Bonchev–Trinajstić information content (AvgIpc) is 2.55. The minimum Gasteiger partial charge on any atom is -0.315 e. The van der Waals surface area contributed by atoms with E-state index in [2.05, 4.69) is 49.5 Å². The zero-order valence-corrected chi connectivity index (χ0v) is 14.0. The van der Waals surface area contributed by atoms with Crippen LogP contribution in [-0.2, 0) is 0 Å². The molecule has 0 heterocycles. The van der Waals surface area contributed by atoms with Crippen LogP contribution in [-0.4, -0.2) is 52.4 Å². The molecule has 0 aromatic heterocycles. The van der Waals surface area contributed by atoms with Crippen LogP contribution < -0.4 is 21.3 Å². The Balaban J connectivity index is 0.000000200. The molecule has 0 aliphatic heterocycles. The van der Waals surface area contributed by atoms with Gasteiger partial charge < -0.3 is 21.3 Å². The summed E-state index contributed by atoms with van der Waals surface area (Å²) in [4.78, 5) is 0. The zero-order valence-electron chi connectivity index (χ0n) is 14.0. The normalized spacial score (nSPS) is 34.2. The van der Waals surface area contributed by atoms with E-state index in [-0.39, 0.29) is 0 Å². The van der Waals surface area contributed by atoms with Crippen molar-refractivity contribution in [3.63, 3.8) is 0 Å². The number of hydrogen-bond donors (Lipinski definition) is 4. The Morgan fingerprint density at radius 2 is 0.650 bits per heavy atom. The topological polar surface area (TPSA) is 48.1 Å². The summed E-state index contributed by atoms with van der Waals surface area (Å²) in [7, 11) is 8.22. The van der Waals surface area contributed by atoms with Gasteiger partial charge in [-0.2, -0.15) is 0 Å². The minimum absolute atomic E-state index is 0.707. The van der Waals surface area contributed by atoms with Crippen molar-refractivity contribution >= 4 is 0 Å².